The molecule has 0 spiro atoms. The third-order valence-corrected chi connectivity index (χ3v) is 3.46. The number of rotatable bonds is 6. The first-order chi connectivity index (χ1) is 10.2. The fraction of sp³-hybridized carbons (Fsp3) is 0.278. The highest BCUT2D eigenvalue weighted by Crippen LogP contribution is 2.14. The first-order valence-electron chi connectivity index (χ1n) is 7.03. The van der Waals surface area contributed by atoms with Gasteiger partial charge in [0, 0.05) is 0 Å². The quantitative estimate of drug-likeness (QED) is 0.759. The molecule has 0 saturated heterocycles. The van der Waals surface area contributed by atoms with Crippen molar-refractivity contribution < 1.29 is 14.3 Å². The molecule has 0 amide bonds. The molecule has 3 nitrogen and oxygen atoms in total. The normalized spacial score (nSPS) is 10.2. The van der Waals surface area contributed by atoms with Crippen LogP contribution in [0.15, 0.2) is 48.5 Å². The number of hydrogen-bond donors (Lipinski definition) is 0. The molecule has 2 rings (SSSR count). The van der Waals surface area contributed by atoms with E-state index >= 15 is 0 Å². The Kier molecular flexibility index (Phi) is 5.38. The number of carbonyl (C=O) groups is 1. The van der Waals surface area contributed by atoms with Gasteiger partial charge >= 0.3 is 5.97 Å². The molecule has 3 heteroatoms. The molecule has 21 heavy (non-hydrogen) atoms. The molecule has 2 aromatic carbocycles. The molecule has 0 aromatic heterocycles. The topological polar surface area (TPSA) is 35.5 Å². The summed E-state index contributed by atoms with van der Waals surface area (Å²) in [6.07, 6.45) is 3.10. The van der Waals surface area contributed by atoms with Crippen LogP contribution in [-0.4, -0.2) is 20.2 Å². The summed E-state index contributed by atoms with van der Waals surface area (Å²) in [5.74, 6) is 0.594. The third-order valence-electron chi connectivity index (χ3n) is 3.46. The van der Waals surface area contributed by atoms with Gasteiger partial charge in [-0.2, -0.15) is 0 Å². The van der Waals surface area contributed by atoms with Gasteiger partial charge in [-0.25, -0.2) is 4.79 Å². The predicted octanol–water partition coefficient (Wildman–Crippen LogP) is 3.66. The average Bonchev–Trinajstić information content (AvgIpc) is 2.55. The van der Waals surface area contributed by atoms with Crippen molar-refractivity contribution in [1.82, 2.24) is 0 Å². The number of carbonyl (C=O) groups excluding carboxylic acids is 1. The Morgan fingerprint density at radius 3 is 1.86 bits per heavy atom. The van der Waals surface area contributed by atoms with Gasteiger partial charge < -0.3 is 9.47 Å². The van der Waals surface area contributed by atoms with Gasteiger partial charge in [0.2, 0.25) is 0 Å². The molecule has 0 bridgehead atoms. The Hall–Kier alpha value is -2.29. The zero-order valence-corrected chi connectivity index (χ0v) is 12.5. The van der Waals surface area contributed by atoms with Crippen molar-refractivity contribution in [3.8, 4) is 5.75 Å². The molecule has 0 aliphatic carbocycles. The van der Waals surface area contributed by atoms with E-state index in [0.717, 1.165) is 25.0 Å². The van der Waals surface area contributed by atoms with Crippen LogP contribution in [0.1, 0.15) is 27.9 Å². The summed E-state index contributed by atoms with van der Waals surface area (Å²) in [7, 11) is 3.07. The van der Waals surface area contributed by atoms with Crippen molar-refractivity contribution in [2.45, 2.75) is 19.3 Å². The molecule has 0 aliphatic rings. The highest BCUT2D eigenvalue weighted by atomic mass is 16.5. The van der Waals surface area contributed by atoms with Crippen LogP contribution in [0, 0.1) is 0 Å². The zero-order valence-electron chi connectivity index (χ0n) is 12.5. The van der Waals surface area contributed by atoms with Crippen LogP contribution in [0.5, 0.6) is 5.75 Å². The molecular formula is C18H20O3. The van der Waals surface area contributed by atoms with E-state index in [4.69, 9.17) is 4.74 Å². The summed E-state index contributed by atoms with van der Waals surface area (Å²) >= 11 is 0. The van der Waals surface area contributed by atoms with Crippen molar-refractivity contribution in [3.05, 3.63) is 65.2 Å². The third kappa shape index (κ3) is 4.35. The average molecular weight is 284 g/mol. The standard InChI is InChI=1S/C18H20O3/c1-20-17-12-8-15(9-13-17)5-3-4-14-6-10-16(11-7-14)18(19)21-2/h6-13H,3-5H2,1-2H3. The second-order valence-corrected chi connectivity index (χ2v) is 4.89. The van der Waals surface area contributed by atoms with E-state index in [1.54, 1.807) is 7.11 Å². The Bertz CT molecular complexity index is 570. The number of aryl methyl sites for hydroxylation is 2. The van der Waals surface area contributed by atoms with Gasteiger partial charge in [0.1, 0.15) is 5.75 Å². The van der Waals surface area contributed by atoms with E-state index in [1.165, 1.54) is 18.2 Å². The first kappa shape index (κ1) is 15.1. The molecule has 2 aromatic rings. The highest BCUT2D eigenvalue weighted by molar-refractivity contribution is 5.89. The van der Waals surface area contributed by atoms with E-state index in [0.29, 0.717) is 5.56 Å². The van der Waals surface area contributed by atoms with Crippen LogP contribution in [0.3, 0.4) is 0 Å². The predicted molar refractivity (Wildman–Crippen MR) is 82.8 cm³/mol. The molecule has 0 atom stereocenters. The number of methoxy groups -OCH3 is 2. The highest BCUT2D eigenvalue weighted by Gasteiger charge is 2.04. The summed E-state index contributed by atoms with van der Waals surface area (Å²) < 4.78 is 9.83. The number of benzene rings is 2. The van der Waals surface area contributed by atoms with E-state index in [2.05, 4.69) is 16.9 Å². The first-order valence-corrected chi connectivity index (χ1v) is 7.03. The lowest BCUT2D eigenvalue weighted by molar-refractivity contribution is 0.0600. The summed E-state index contributed by atoms with van der Waals surface area (Å²) in [4.78, 5) is 11.3. The summed E-state index contributed by atoms with van der Waals surface area (Å²) in [6.45, 7) is 0. The molecule has 0 radical (unpaired) electrons. The molecule has 0 heterocycles. The van der Waals surface area contributed by atoms with E-state index < -0.39 is 0 Å². The lowest BCUT2D eigenvalue weighted by atomic mass is 10.0. The summed E-state index contributed by atoms with van der Waals surface area (Å²) in [6, 6.07) is 15.8. The summed E-state index contributed by atoms with van der Waals surface area (Å²) in [5, 5.41) is 0. The Morgan fingerprint density at radius 2 is 1.38 bits per heavy atom. The molecule has 0 N–H and O–H groups in total. The van der Waals surface area contributed by atoms with Crippen molar-refractivity contribution in [3.63, 3.8) is 0 Å². The van der Waals surface area contributed by atoms with Crippen LogP contribution in [0.2, 0.25) is 0 Å². The van der Waals surface area contributed by atoms with E-state index in [9.17, 15) is 4.79 Å². The largest absolute Gasteiger partial charge is 0.497 e. The van der Waals surface area contributed by atoms with Crippen LogP contribution in [0.25, 0.3) is 0 Å². The second kappa shape index (κ2) is 7.48. The molecular weight excluding hydrogens is 264 g/mol. The maximum absolute atomic E-state index is 11.3. The minimum atomic E-state index is -0.292. The molecule has 0 saturated carbocycles. The smallest absolute Gasteiger partial charge is 0.337 e. The number of ether oxygens (including phenoxy) is 2. The molecule has 0 fully saturated rings. The van der Waals surface area contributed by atoms with Gasteiger partial charge in [-0.15, -0.1) is 0 Å². The number of hydrogen-bond acceptors (Lipinski definition) is 3. The van der Waals surface area contributed by atoms with Crippen LogP contribution < -0.4 is 4.74 Å². The fourth-order valence-electron chi connectivity index (χ4n) is 2.21. The minimum absolute atomic E-state index is 0.292. The monoisotopic (exact) mass is 284 g/mol. The van der Waals surface area contributed by atoms with Crippen LogP contribution in [0.4, 0.5) is 0 Å². The Labute approximate surface area is 125 Å². The minimum Gasteiger partial charge on any atom is -0.497 e. The lowest BCUT2D eigenvalue weighted by Crippen LogP contribution is -2.01. The fourth-order valence-corrected chi connectivity index (χ4v) is 2.21. The Morgan fingerprint density at radius 1 is 0.857 bits per heavy atom. The van der Waals surface area contributed by atoms with Crippen LogP contribution in [-0.2, 0) is 17.6 Å². The van der Waals surface area contributed by atoms with Gasteiger partial charge in [0.25, 0.3) is 0 Å². The SMILES string of the molecule is COC(=O)c1ccc(CCCc2ccc(OC)cc2)cc1. The van der Waals surface area contributed by atoms with Crippen molar-refractivity contribution in [2.24, 2.45) is 0 Å². The maximum atomic E-state index is 11.3. The van der Waals surface area contributed by atoms with E-state index in [-0.39, 0.29) is 5.97 Å². The van der Waals surface area contributed by atoms with Gasteiger partial charge in [-0.05, 0) is 54.7 Å². The van der Waals surface area contributed by atoms with Crippen molar-refractivity contribution >= 4 is 5.97 Å². The maximum Gasteiger partial charge on any atom is 0.337 e. The molecule has 0 aliphatic heterocycles. The molecule has 110 valence electrons. The second-order valence-electron chi connectivity index (χ2n) is 4.89. The Balaban J connectivity index is 1.83. The van der Waals surface area contributed by atoms with Gasteiger partial charge in [-0.1, -0.05) is 24.3 Å². The lowest BCUT2D eigenvalue weighted by Gasteiger charge is -2.05. The van der Waals surface area contributed by atoms with Crippen LogP contribution >= 0.6 is 0 Å². The van der Waals surface area contributed by atoms with Gasteiger partial charge in [0.05, 0.1) is 19.8 Å². The van der Waals surface area contributed by atoms with Gasteiger partial charge in [-0.3, -0.25) is 0 Å². The van der Waals surface area contributed by atoms with Gasteiger partial charge in [0.15, 0.2) is 0 Å². The van der Waals surface area contributed by atoms with Crippen molar-refractivity contribution in [2.75, 3.05) is 14.2 Å². The zero-order chi connectivity index (χ0) is 15.1. The molecule has 0 unspecified atom stereocenters. The summed E-state index contributed by atoms with van der Waals surface area (Å²) in [5.41, 5.74) is 3.13. The van der Waals surface area contributed by atoms with E-state index in [1.807, 2.05) is 36.4 Å². The number of esters is 1. The van der Waals surface area contributed by atoms with Crippen molar-refractivity contribution in [1.29, 1.82) is 0 Å².